The van der Waals surface area contributed by atoms with Crippen LogP contribution in [0.2, 0.25) is 0 Å². The van der Waals surface area contributed by atoms with Crippen LogP contribution in [0.3, 0.4) is 0 Å². The fourth-order valence-corrected chi connectivity index (χ4v) is 5.31. The molecule has 8 heteroatoms. The zero-order valence-corrected chi connectivity index (χ0v) is 16.2. The second-order valence-corrected chi connectivity index (χ2v) is 9.21. The predicted molar refractivity (Wildman–Crippen MR) is 101 cm³/mol. The first-order valence-corrected chi connectivity index (χ1v) is 10.8. The summed E-state index contributed by atoms with van der Waals surface area (Å²) in [5, 5.41) is 2.90. The van der Waals surface area contributed by atoms with Crippen LogP contribution in [0.1, 0.15) is 13.3 Å². The van der Waals surface area contributed by atoms with Gasteiger partial charge in [0.2, 0.25) is 5.91 Å². The molecule has 144 valence electrons. The molecule has 2 fully saturated rings. The summed E-state index contributed by atoms with van der Waals surface area (Å²) >= 11 is 0. The van der Waals surface area contributed by atoms with Crippen LogP contribution in [0.15, 0.2) is 24.3 Å². The number of nitrogens with one attached hydrogen (secondary N) is 1. The monoisotopic (exact) mass is 381 g/mol. The number of ether oxygens (including phenoxy) is 1. The third-order valence-electron chi connectivity index (χ3n) is 5.25. The smallest absolute Gasteiger partial charge is 0.237 e. The Kier molecular flexibility index (Phi) is 5.72. The van der Waals surface area contributed by atoms with E-state index in [-0.39, 0.29) is 29.5 Å². The van der Waals surface area contributed by atoms with Crippen molar-refractivity contribution >= 4 is 21.4 Å². The molecule has 2 heterocycles. The summed E-state index contributed by atoms with van der Waals surface area (Å²) in [5.41, 5.74) is 1.07. The van der Waals surface area contributed by atoms with E-state index >= 15 is 0 Å². The highest BCUT2D eigenvalue weighted by molar-refractivity contribution is 7.91. The summed E-state index contributed by atoms with van der Waals surface area (Å²) in [4.78, 5) is 16.9. The van der Waals surface area contributed by atoms with E-state index < -0.39 is 9.84 Å². The number of carbonyl (C=O) groups excluding carboxylic acids is 1. The van der Waals surface area contributed by atoms with E-state index in [4.69, 9.17) is 4.74 Å². The minimum atomic E-state index is -2.98. The number of nitrogens with zero attached hydrogens (tertiary/aromatic N) is 2. The second-order valence-electron chi connectivity index (χ2n) is 6.98. The molecule has 2 atom stereocenters. The van der Waals surface area contributed by atoms with Crippen LogP contribution in [0.5, 0.6) is 5.75 Å². The van der Waals surface area contributed by atoms with Gasteiger partial charge >= 0.3 is 0 Å². The van der Waals surface area contributed by atoms with Gasteiger partial charge in [0.1, 0.15) is 5.75 Å². The van der Waals surface area contributed by atoms with Crippen molar-refractivity contribution in [1.82, 2.24) is 10.2 Å². The van der Waals surface area contributed by atoms with Crippen LogP contribution in [0.25, 0.3) is 0 Å². The molecule has 0 spiro atoms. The molecule has 1 N–H and O–H groups in total. The fraction of sp³-hybridized carbons (Fsp3) is 0.611. The van der Waals surface area contributed by atoms with Crippen molar-refractivity contribution in [2.45, 2.75) is 25.4 Å². The van der Waals surface area contributed by atoms with Crippen molar-refractivity contribution < 1.29 is 17.9 Å². The molecule has 2 saturated heterocycles. The van der Waals surface area contributed by atoms with Crippen LogP contribution in [0, 0.1) is 0 Å². The van der Waals surface area contributed by atoms with Crippen LogP contribution in [-0.2, 0) is 14.6 Å². The molecule has 3 rings (SSSR count). The van der Waals surface area contributed by atoms with Crippen LogP contribution in [0.4, 0.5) is 5.69 Å². The summed E-state index contributed by atoms with van der Waals surface area (Å²) in [6.07, 6.45) is 0.516. The maximum Gasteiger partial charge on any atom is 0.237 e. The van der Waals surface area contributed by atoms with Crippen molar-refractivity contribution in [3.05, 3.63) is 24.3 Å². The number of hydrogen-bond donors (Lipinski definition) is 1. The van der Waals surface area contributed by atoms with Gasteiger partial charge in [0.25, 0.3) is 0 Å². The van der Waals surface area contributed by atoms with Gasteiger partial charge in [-0.2, -0.15) is 0 Å². The Morgan fingerprint density at radius 1 is 1.23 bits per heavy atom. The zero-order chi connectivity index (χ0) is 18.7. The summed E-state index contributed by atoms with van der Waals surface area (Å²) < 4.78 is 28.5. The molecule has 2 aliphatic heterocycles. The molecule has 0 saturated carbocycles. The number of rotatable bonds is 5. The molecule has 0 radical (unpaired) electrons. The van der Waals surface area contributed by atoms with Gasteiger partial charge in [-0.05, 0) is 25.5 Å². The fourth-order valence-electron chi connectivity index (χ4n) is 3.64. The van der Waals surface area contributed by atoms with Crippen molar-refractivity contribution in [3.8, 4) is 5.75 Å². The SMILES string of the molecule is COc1ccccc1N1CCN([C@@H](C)C(=O)N[C@@H]2CCS(=O)(=O)C2)CC1. The molecule has 26 heavy (non-hydrogen) atoms. The van der Waals surface area contributed by atoms with Gasteiger partial charge in [-0.15, -0.1) is 0 Å². The number of amides is 1. The number of piperazine rings is 1. The lowest BCUT2D eigenvalue weighted by Gasteiger charge is -2.39. The molecule has 0 aliphatic carbocycles. The van der Waals surface area contributed by atoms with Crippen molar-refractivity contribution in [2.24, 2.45) is 0 Å². The van der Waals surface area contributed by atoms with Gasteiger partial charge in [0.05, 0.1) is 30.3 Å². The Labute approximate surface area is 155 Å². The predicted octanol–water partition coefficient (Wildman–Crippen LogP) is 0.509. The van der Waals surface area contributed by atoms with E-state index in [0.717, 1.165) is 37.6 Å². The number of hydrogen-bond acceptors (Lipinski definition) is 6. The van der Waals surface area contributed by atoms with Gasteiger partial charge in [0, 0.05) is 32.2 Å². The van der Waals surface area contributed by atoms with Gasteiger partial charge in [-0.25, -0.2) is 8.42 Å². The lowest BCUT2D eigenvalue weighted by Crippen LogP contribution is -2.55. The second kappa shape index (κ2) is 7.84. The van der Waals surface area contributed by atoms with E-state index in [1.807, 2.05) is 31.2 Å². The van der Waals surface area contributed by atoms with Crippen LogP contribution in [-0.4, -0.2) is 76.1 Å². The van der Waals surface area contributed by atoms with Gasteiger partial charge in [0.15, 0.2) is 9.84 Å². The topological polar surface area (TPSA) is 79.0 Å². The molecule has 0 unspecified atom stereocenters. The first-order valence-electron chi connectivity index (χ1n) is 9.02. The molecule has 0 aromatic heterocycles. The molecular weight excluding hydrogens is 354 g/mol. The lowest BCUT2D eigenvalue weighted by molar-refractivity contribution is -0.126. The Balaban J connectivity index is 1.53. The third-order valence-corrected chi connectivity index (χ3v) is 7.01. The minimum Gasteiger partial charge on any atom is -0.495 e. The van der Waals surface area contributed by atoms with Crippen molar-refractivity contribution in [1.29, 1.82) is 0 Å². The Bertz CT molecular complexity index is 745. The van der Waals surface area contributed by atoms with Crippen LogP contribution >= 0.6 is 0 Å². The standard InChI is InChI=1S/C18H27N3O4S/c1-14(18(22)19-15-7-12-26(23,24)13-15)20-8-10-21(11-9-20)16-5-3-4-6-17(16)25-2/h3-6,14-15H,7-13H2,1-2H3,(H,19,22)/t14-,15+/m0/s1. The Hall–Kier alpha value is -1.80. The maximum atomic E-state index is 12.5. The number of anilines is 1. The summed E-state index contributed by atoms with van der Waals surface area (Å²) in [6, 6.07) is 7.44. The first kappa shape index (κ1) is 19.0. The largest absolute Gasteiger partial charge is 0.495 e. The summed E-state index contributed by atoms with van der Waals surface area (Å²) in [6.45, 7) is 5.06. The zero-order valence-electron chi connectivity index (χ0n) is 15.3. The summed E-state index contributed by atoms with van der Waals surface area (Å²) in [7, 11) is -1.31. The highest BCUT2D eigenvalue weighted by Gasteiger charge is 2.32. The molecular formula is C18H27N3O4S. The maximum absolute atomic E-state index is 12.5. The average molecular weight is 381 g/mol. The van der Waals surface area contributed by atoms with E-state index in [1.165, 1.54) is 0 Å². The average Bonchev–Trinajstić information content (AvgIpc) is 2.99. The molecule has 0 bridgehead atoms. The van der Waals surface area contributed by atoms with Crippen LogP contribution < -0.4 is 15.0 Å². The van der Waals surface area contributed by atoms with Gasteiger partial charge in [-0.1, -0.05) is 12.1 Å². The molecule has 2 aliphatic rings. The Morgan fingerprint density at radius 3 is 2.54 bits per heavy atom. The van der Waals surface area contributed by atoms with Gasteiger partial charge < -0.3 is 15.0 Å². The number of carbonyl (C=O) groups is 1. The van der Waals surface area contributed by atoms with E-state index in [2.05, 4.69) is 15.1 Å². The molecule has 1 aromatic carbocycles. The van der Waals surface area contributed by atoms with E-state index in [0.29, 0.717) is 6.42 Å². The number of sulfone groups is 1. The molecule has 1 aromatic rings. The van der Waals surface area contributed by atoms with E-state index in [9.17, 15) is 13.2 Å². The molecule has 1 amide bonds. The normalized spacial score (nSPS) is 24.2. The highest BCUT2D eigenvalue weighted by Crippen LogP contribution is 2.28. The Morgan fingerprint density at radius 2 is 1.92 bits per heavy atom. The van der Waals surface area contributed by atoms with Crippen molar-refractivity contribution in [2.75, 3.05) is 49.7 Å². The third kappa shape index (κ3) is 4.29. The first-order chi connectivity index (χ1) is 12.4. The van der Waals surface area contributed by atoms with Gasteiger partial charge in [-0.3, -0.25) is 9.69 Å². The summed E-state index contributed by atoms with van der Waals surface area (Å²) in [5.74, 6) is 1.00. The molecule has 7 nitrogen and oxygen atoms in total. The number of methoxy groups -OCH3 is 1. The highest BCUT2D eigenvalue weighted by atomic mass is 32.2. The number of para-hydroxylation sites is 2. The quantitative estimate of drug-likeness (QED) is 0.801. The minimum absolute atomic E-state index is 0.0625. The lowest BCUT2D eigenvalue weighted by atomic mass is 10.1. The number of benzene rings is 1. The van der Waals surface area contributed by atoms with Crippen molar-refractivity contribution in [3.63, 3.8) is 0 Å². The van der Waals surface area contributed by atoms with E-state index in [1.54, 1.807) is 7.11 Å².